The Bertz CT molecular complexity index is 599. The van der Waals surface area contributed by atoms with Gasteiger partial charge in [-0.25, -0.2) is 0 Å². The van der Waals surface area contributed by atoms with Gasteiger partial charge < -0.3 is 19.7 Å². The zero-order valence-electron chi connectivity index (χ0n) is 15.8. The summed E-state index contributed by atoms with van der Waals surface area (Å²) in [5, 5.41) is 20.6. The first kappa shape index (κ1) is 21.5. The fourth-order valence-corrected chi connectivity index (χ4v) is 2.61. The van der Waals surface area contributed by atoms with E-state index in [1.807, 2.05) is 13.8 Å². The van der Waals surface area contributed by atoms with Crippen molar-refractivity contribution < 1.29 is 19.7 Å². The molecule has 0 heterocycles. The molecule has 0 aromatic carbocycles. The van der Waals surface area contributed by atoms with Crippen molar-refractivity contribution in [1.29, 1.82) is 0 Å². The van der Waals surface area contributed by atoms with E-state index in [1.165, 1.54) is 7.11 Å². The zero-order valence-corrected chi connectivity index (χ0v) is 15.8. The number of rotatable bonds is 4. The average Bonchev–Trinajstić information content (AvgIpc) is 2.54. The number of hydrogen-bond acceptors (Lipinski definition) is 4. The SMILES string of the molecule is C=C(C)[C@H]1CCC#CC(O)CC(C)(OCOC)C#C/C=C(/C)C(O)C1. The molecule has 1 aliphatic rings. The Balaban J connectivity index is 3.10. The molecule has 0 fully saturated rings. The van der Waals surface area contributed by atoms with Crippen LogP contribution in [0, 0.1) is 29.6 Å². The first-order valence-electron chi connectivity index (χ1n) is 8.59. The lowest BCUT2D eigenvalue weighted by atomic mass is 9.88. The molecule has 0 aliphatic heterocycles. The monoisotopic (exact) mass is 346 g/mol. The van der Waals surface area contributed by atoms with Crippen molar-refractivity contribution in [3.8, 4) is 23.7 Å². The van der Waals surface area contributed by atoms with Gasteiger partial charge in [0.1, 0.15) is 18.5 Å². The Kier molecular flexibility index (Phi) is 8.97. The van der Waals surface area contributed by atoms with E-state index >= 15 is 0 Å². The van der Waals surface area contributed by atoms with Gasteiger partial charge in [-0.15, -0.1) is 5.92 Å². The zero-order chi connectivity index (χ0) is 18.9. The summed E-state index contributed by atoms with van der Waals surface area (Å²) in [6.07, 6.45) is 2.63. The van der Waals surface area contributed by atoms with Gasteiger partial charge in [0, 0.05) is 20.0 Å². The van der Waals surface area contributed by atoms with Gasteiger partial charge in [0.2, 0.25) is 0 Å². The first-order chi connectivity index (χ1) is 11.8. The van der Waals surface area contributed by atoms with Crippen LogP contribution in [0.15, 0.2) is 23.8 Å². The van der Waals surface area contributed by atoms with Crippen LogP contribution in [0.4, 0.5) is 0 Å². The predicted octanol–water partition coefficient (Wildman–Crippen LogP) is 2.81. The van der Waals surface area contributed by atoms with Gasteiger partial charge in [0.05, 0.1) is 6.10 Å². The van der Waals surface area contributed by atoms with Crippen LogP contribution in [-0.4, -0.2) is 41.9 Å². The molecule has 4 atom stereocenters. The second-order valence-corrected chi connectivity index (χ2v) is 6.81. The largest absolute Gasteiger partial charge is 0.389 e. The van der Waals surface area contributed by atoms with Crippen molar-refractivity contribution in [3.63, 3.8) is 0 Å². The second-order valence-electron chi connectivity index (χ2n) is 6.81. The van der Waals surface area contributed by atoms with Crippen LogP contribution in [0.2, 0.25) is 0 Å². The number of allylic oxidation sites excluding steroid dienone is 2. The molecule has 138 valence electrons. The maximum Gasteiger partial charge on any atom is 0.148 e. The van der Waals surface area contributed by atoms with Gasteiger partial charge in [0.25, 0.3) is 0 Å². The fourth-order valence-electron chi connectivity index (χ4n) is 2.61. The lowest BCUT2D eigenvalue weighted by Crippen LogP contribution is -2.32. The molecule has 3 unspecified atom stereocenters. The van der Waals surface area contributed by atoms with Gasteiger partial charge in [0.15, 0.2) is 0 Å². The Labute approximate surface area is 151 Å². The number of hydrogen-bond donors (Lipinski definition) is 2. The normalized spacial score (nSPS) is 32.9. The molecular weight excluding hydrogens is 316 g/mol. The molecule has 0 aromatic rings. The first-order valence-corrected chi connectivity index (χ1v) is 8.59. The molecule has 1 aliphatic carbocycles. The van der Waals surface area contributed by atoms with Crippen molar-refractivity contribution in [2.45, 2.75) is 64.3 Å². The minimum absolute atomic E-state index is 0.0803. The highest BCUT2D eigenvalue weighted by Crippen LogP contribution is 2.24. The molecule has 0 saturated carbocycles. The van der Waals surface area contributed by atoms with Crippen molar-refractivity contribution in [2.75, 3.05) is 13.9 Å². The Morgan fingerprint density at radius 3 is 2.80 bits per heavy atom. The summed E-state index contributed by atoms with van der Waals surface area (Å²) in [6, 6.07) is 0. The summed E-state index contributed by atoms with van der Waals surface area (Å²) in [4.78, 5) is 0. The minimum Gasteiger partial charge on any atom is -0.389 e. The molecule has 4 nitrogen and oxygen atoms in total. The highest BCUT2D eigenvalue weighted by molar-refractivity contribution is 5.27. The summed E-state index contributed by atoms with van der Waals surface area (Å²) >= 11 is 0. The molecule has 0 radical (unpaired) electrons. The maximum atomic E-state index is 10.4. The van der Waals surface area contributed by atoms with Crippen molar-refractivity contribution in [2.24, 2.45) is 5.92 Å². The van der Waals surface area contributed by atoms with Crippen LogP contribution in [0.25, 0.3) is 0 Å². The quantitative estimate of drug-likeness (QED) is 0.467. The molecule has 0 bridgehead atoms. The topological polar surface area (TPSA) is 58.9 Å². The maximum absolute atomic E-state index is 10.4. The number of aliphatic hydroxyl groups excluding tert-OH is 2. The van der Waals surface area contributed by atoms with E-state index in [4.69, 9.17) is 9.47 Å². The number of ether oxygens (including phenoxy) is 2. The average molecular weight is 346 g/mol. The van der Waals surface area contributed by atoms with Crippen molar-refractivity contribution in [3.05, 3.63) is 23.8 Å². The molecule has 0 amide bonds. The van der Waals surface area contributed by atoms with E-state index < -0.39 is 17.8 Å². The van der Waals surface area contributed by atoms with Crippen molar-refractivity contribution in [1.82, 2.24) is 0 Å². The molecule has 1 rings (SSSR count). The smallest absolute Gasteiger partial charge is 0.148 e. The Morgan fingerprint density at radius 1 is 1.44 bits per heavy atom. The Morgan fingerprint density at radius 2 is 2.16 bits per heavy atom. The standard InChI is InChI=1S/C21H30O4/c1-16(2)18-10-6-7-11-19(22)14-21(4,25-15-24-5)12-8-9-17(3)20(23)13-18/h9,18-20,22-23H,1,6,10,13-15H2,2-5H3/b17-9-/t18-,19?,20?,21?/m0/s1. The number of aliphatic hydroxyl groups is 2. The summed E-state index contributed by atoms with van der Waals surface area (Å²) < 4.78 is 10.6. The second kappa shape index (κ2) is 10.4. The minimum atomic E-state index is -0.879. The van der Waals surface area contributed by atoms with Gasteiger partial charge in [-0.05, 0) is 51.2 Å². The Hall–Kier alpha value is -1.56. The molecule has 0 saturated heterocycles. The summed E-state index contributed by atoms with van der Waals surface area (Å²) in [7, 11) is 1.54. The third-order valence-corrected chi connectivity index (χ3v) is 4.33. The third-order valence-electron chi connectivity index (χ3n) is 4.33. The lowest BCUT2D eigenvalue weighted by molar-refractivity contribution is -0.105. The molecule has 25 heavy (non-hydrogen) atoms. The van der Waals surface area contributed by atoms with Gasteiger partial charge in [-0.2, -0.15) is 0 Å². The highest BCUT2D eigenvalue weighted by atomic mass is 16.7. The van der Waals surface area contributed by atoms with Gasteiger partial charge in [-0.3, -0.25) is 0 Å². The van der Waals surface area contributed by atoms with E-state index in [9.17, 15) is 10.2 Å². The van der Waals surface area contributed by atoms with E-state index in [1.54, 1.807) is 13.0 Å². The lowest BCUT2D eigenvalue weighted by Gasteiger charge is -2.25. The predicted molar refractivity (Wildman–Crippen MR) is 99.5 cm³/mol. The van der Waals surface area contributed by atoms with Crippen LogP contribution in [-0.2, 0) is 9.47 Å². The third kappa shape index (κ3) is 7.90. The van der Waals surface area contributed by atoms with Crippen LogP contribution in [0.5, 0.6) is 0 Å². The highest BCUT2D eigenvalue weighted by Gasteiger charge is 2.26. The van der Waals surface area contributed by atoms with E-state index in [-0.39, 0.29) is 19.1 Å². The van der Waals surface area contributed by atoms with Gasteiger partial charge in [-0.1, -0.05) is 29.9 Å². The van der Waals surface area contributed by atoms with Crippen LogP contribution in [0.3, 0.4) is 0 Å². The molecule has 4 heteroatoms. The van der Waals surface area contributed by atoms with Crippen LogP contribution >= 0.6 is 0 Å². The van der Waals surface area contributed by atoms with E-state index in [0.29, 0.717) is 12.8 Å². The fraction of sp³-hybridized carbons (Fsp3) is 0.619. The van der Waals surface area contributed by atoms with Crippen LogP contribution in [0.1, 0.15) is 46.5 Å². The van der Waals surface area contributed by atoms with Crippen LogP contribution < -0.4 is 0 Å². The molecular formula is C21H30O4. The summed E-state index contributed by atoms with van der Waals surface area (Å²) in [6.45, 7) is 9.73. The molecule has 0 aromatic heterocycles. The molecule has 0 spiro atoms. The van der Waals surface area contributed by atoms with E-state index in [0.717, 1.165) is 17.6 Å². The molecule has 2 N–H and O–H groups in total. The summed E-state index contributed by atoms with van der Waals surface area (Å²) in [5.41, 5.74) is 0.959. The van der Waals surface area contributed by atoms with Gasteiger partial charge >= 0.3 is 0 Å². The summed E-state index contributed by atoms with van der Waals surface area (Å²) in [5.74, 6) is 12.0. The van der Waals surface area contributed by atoms with Crippen molar-refractivity contribution >= 4 is 0 Å². The van der Waals surface area contributed by atoms with E-state index in [2.05, 4.69) is 30.3 Å². The number of methoxy groups -OCH3 is 1.